The summed E-state index contributed by atoms with van der Waals surface area (Å²) in [5, 5.41) is 17.8. The Bertz CT molecular complexity index is 547. The van der Waals surface area contributed by atoms with Crippen molar-refractivity contribution in [2.24, 2.45) is 0 Å². The molecule has 6 nitrogen and oxygen atoms in total. The third kappa shape index (κ3) is 1.17. The molecule has 1 aromatic heterocycles. The minimum absolute atomic E-state index is 0.378. The summed E-state index contributed by atoms with van der Waals surface area (Å²) >= 11 is 0. The SMILES string of the molecule is N#Cc1ccccc1-n1nn[nH]c1=O. The molecule has 1 N–H and O–H groups in total. The summed E-state index contributed by atoms with van der Waals surface area (Å²) in [4.78, 5) is 11.2. The highest BCUT2D eigenvalue weighted by Crippen LogP contribution is 2.08. The molecule has 1 heterocycles. The van der Waals surface area contributed by atoms with Crippen molar-refractivity contribution in [3.8, 4) is 11.8 Å². The van der Waals surface area contributed by atoms with Gasteiger partial charge in [-0.3, -0.25) is 0 Å². The highest BCUT2D eigenvalue weighted by Gasteiger charge is 2.06. The van der Waals surface area contributed by atoms with Crippen LogP contribution in [0.3, 0.4) is 0 Å². The first-order valence-corrected chi connectivity index (χ1v) is 3.83. The number of hydrogen-bond acceptors (Lipinski definition) is 4. The number of nitrogens with one attached hydrogen (secondary N) is 1. The summed E-state index contributed by atoms with van der Waals surface area (Å²) < 4.78 is 1.04. The van der Waals surface area contributed by atoms with E-state index in [1.54, 1.807) is 24.3 Å². The zero-order valence-electron chi connectivity index (χ0n) is 7.01. The molecule has 0 radical (unpaired) electrons. The van der Waals surface area contributed by atoms with Crippen LogP contribution in [0.15, 0.2) is 29.1 Å². The summed E-state index contributed by atoms with van der Waals surface area (Å²) in [6.45, 7) is 0. The first-order chi connectivity index (χ1) is 6.83. The van der Waals surface area contributed by atoms with Gasteiger partial charge in [0.05, 0.1) is 11.3 Å². The molecular formula is C8H5N5O. The molecule has 0 saturated carbocycles. The van der Waals surface area contributed by atoms with Crippen LogP contribution in [-0.2, 0) is 0 Å². The Labute approximate surface area is 78.4 Å². The first kappa shape index (κ1) is 8.19. The Morgan fingerprint density at radius 3 is 2.86 bits per heavy atom. The van der Waals surface area contributed by atoms with Crippen LogP contribution in [0.2, 0.25) is 0 Å². The second-order valence-electron chi connectivity index (χ2n) is 2.55. The highest BCUT2D eigenvalue weighted by molar-refractivity contribution is 5.47. The average molecular weight is 187 g/mol. The number of H-pyrrole nitrogens is 1. The van der Waals surface area contributed by atoms with E-state index in [1.165, 1.54) is 0 Å². The van der Waals surface area contributed by atoms with Crippen molar-refractivity contribution in [3.63, 3.8) is 0 Å². The Morgan fingerprint density at radius 2 is 2.21 bits per heavy atom. The lowest BCUT2D eigenvalue weighted by Gasteiger charge is -1.98. The zero-order chi connectivity index (χ0) is 9.97. The molecule has 0 spiro atoms. The summed E-state index contributed by atoms with van der Waals surface area (Å²) in [6.07, 6.45) is 0. The van der Waals surface area contributed by atoms with Gasteiger partial charge < -0.3 is 0 Å². The molecule has 1 aromatic carbocycles. The van der Waals surface area contributed by atoms with Crippen molar-refractivity contribution in [1.29, 1.82) is 5.26 Å². The number of benzene rings is 1. The van der Waals surface area contributed by atoms with Crippen molar-refractivity contribution < 1.29 is 0 Å². The van der Waals surface area contributed by atoms with Crippen molar-refractivity contribution in [3.05, 3.63) is 40.3 Å². The molecule has 0 bridgehead atoms. The van der Waals surface area contributed by atoms with E-state index in [9.17, 15) is 4.79 Å². The van der Waals surface area contributed by atoms with E-state index in [4.69, 9.17) is 5.26 Å². The van der Waals surface area contributed by atoms with Gasteiger partial charge >= 0.3 is 5.69 Å². The Morgan fingerprint density at radius 1 is 1.43 bits per heavy atom. The van der Waals surface area contributed by atoms with Crippen LogP contribution in [0.25, 0.3) is 5.69 Å². The molecule has 0 saturated heterocycles. The topological polar surface area (TPSA) is 87.4 Å². The van der Waals surface area contributed by atoms with E-state index >= 15 is 0 Å². The van der Waals surface area contributed by atoms with Crippen LogP contribution < -0.4 is 5.69 Å². The van der Waals surface area contributed by atoms with Crippen molar-refractivity contribution in [1.82, 2.24) is 20.2 Å². The fourth-order valence-corrected chi connectivity index (χ4v) is 1.11. The molecule has 2 rings (SSSR count). The van der Waals surface area contributed by atoms with Gasteiger partial charge in [-0.1, -0.05) is 12.1 Å². The van der Waals surface area contributed by atoms with Crippen LogP contribution in [0, 0.1) is 11.3 Å². The first-order valence-electron chi connectivity index (χ1n) is 3.83. The van der Waals surface area contributed by atoms with Crippen molar-refractivity contribution in [2.75, 3.05) is 0 Å². The van der Waals surface area contributed by atoms with Gasteiger partial charge in [-0.2, -0.15) is 9.94 Å². The number of nitriles is 1. The van der Waals surface area contributed by atoms with Crippen LogP contribution in [0.5, 0.6) is 0 Å². The second kappa shape index (κ2) is 3.14. The molecule has 0 aliphatic heterocycles. The summed E-state index contributed by atoms with van der Waals surface area (Å²) in [6, 6.07) is 8.64. The maximum Gasteiger partial charge on any atom is 0.365 e. The molecule has 0 amide bonds. The van der Waals surface area contributed by atoms with Gasteiger partial charge in [-0.25, -0.2) is 9.89 Å². The fourth-order valence-electron chi connectivity index (χ4n) is 1.11. The summed E-state index contributed by atoms with van der Waals surface area (Å²) in [7, 11) is 0. The molecular weight excluding hydrogens is 182 g/mol. The van der Waals surface area contributed by atoms with E-state index in [0.29, 0.717) is 11.3 Å². The zero-order valence-corrected chi connectivity index (χ0v) is 7.01. The maximum atomic E-state index is 11.2. The molecule has 0 aliphatic carbocycles. The van der Waals surface area contributed by atoms with E-state index in [0.717, 1.165) is 4.68 Å². The third-order valence-electron chi connectivity index (χ3n) is 1.72. The van der Waals surface area contributed by atoms with Gasteiger partial charge in [-0.15, -0.1) is 0 Å². The van der Waals surface area contributed by atoms with Crippen LogP contribution in [0.1, 0.15) is 5.56 Å². The summed E-state index contributed by atoms with van der Waals surface area (Å²) in [5.41, 5.74) is 0.338. The molecule has 6 heteroatoms. The average Bonchev–Trinajstić information content (AvgIpc) is 2.64. The van der Waals surface area contributed by atoms with Gasteiger partial charge in [-0.05, 0) is 22.6 Å². The van der Waals surface area contributed by atoms with Crippen molar-refractivity contribution >= 4 is 0 Å². The lowest BCUT2D eigenvalue weighted by molar-refractivity contribution is 0.778. The number of aromatic nitrogens is 4. The number of para-hydroxylation sites is 1. The molecule has 0 atom stereocenters. The minimum atomic E-state index is -0.465. The molecule has 68 valence electrons. The normalized spacial score (nSPS) is 9.64. The van der Waals surface area contributed by atoms with Crippen LogP contribution in [0.4, 0.5) is 0 Å². The van der Waals surface area contributed by atoms with Crippen LogP contribution >= 0.6 is 0 Å². The van der Waals surface area contributed by atoms with E-state index < -0.39 is 5.69 Å². The predicted octanol–water partition coefficient (Wildman–Crippen LogP) is -0.173. The maximum absolute atomic E-state index is 11.2. The fraction of sp³-hybridized carbons (Fsp3) is 0. The predicted molar refractivity (Wildman–Crippen MR) is 46.7 cm³/mol. The smallest absolute Gasteiger partial charge is 0.244 e. The lowest BCUT2D eigenvalue weighted by atomic mass is 10.2. The molecule has 0 aliphatic rings. The molecule has 2 aromatic rings. The highest BCUT2D eigenvalue weighted by atomic mass is 16.2. The standard InChI is InChI=1S/C8H5N5O/c9-5-6-3-1-2-4-7(6)13-8(14)10-11-12-13/h1-4H,(H,10,12,14). The number of nitrogens with zero attached hydrogens (tertiary/aromatic N) is 4. The Balaban J connectivity index is 2.70. The molecule has 0 unspecified atom stereocenters. The number of tetrazole rings is 1. The van der Waals surface area contributed by atoms with Gasteiger partial charge in [0.2, 0.25) is 0 Å². The number of hydrogen-bond donors (Lipinski definition) is 1. The Hall–Kier alpha value is -2.42. The van der Waals surface area contributed by atoms with Gasteiger partial charge in [0, 0.05) is 0 Å². The largest absolute Gasteiger partial charge is 0.365 e. The van der Waals surface area contributed by atoms with Crippen molar-refractivity contribution in [2.45, 2.75) is 0 Å². The van der Waals surface area contributed by atoms with E-state index in [2.05, 4.69) is 15.5 Å². The van der Waals surface area contributed by atoms with Crippen LogP contribution in [-0.4, -0.2) is 20.2 Å². The van der Waals surface area contributed by atoms with Gasteiger partial charge in [0.15, 0.2) is 0 Å². The Kier molecular flexibility index (Phi) is 1.84. The minimum Gasteiger partial charge on any atom is -0.244 e. The van der Waals surface area contributed by atoms with Gasteiger partial charge in [0.25, 0.3) is 0 Å². The molecule has 14 heavy (non-hydrogen) atoms. The van der Waals surface area contributed by atoms with Gasteiger partial charge in [0.1, 0.15) is 6.07 Å². The van der Waals surface area contributed by atoms with E-state index in [1.807, 2.05) is 6.07 Å². The summed E-state index contributed by atoms with van der Waals surface area (Å²) in [5.74, 6) is 0. The number of rotatable bonds is 1. The number of aromatic amines is 1. The molecule has 0 fully saturated rings. The lowest BCUT2D eigenvalue weighted by Crippen LogP contribution is -2.16. The second-order valence-corrected chi connectivity index (χ2v) is 2.55. The quantitative estimate of drug-likeness (QED) is 0.671. The van der Waals surface area contributed by atoms with E-state index in [-0.39, 0.29) is 0 Å². The monoisotopic (exact) mass is 187 g/mol. The third-order valence-corrected chi connectivity index (χ3v) is 1.72.